The number of nitrogens with zero attached hydrogens (tertiary/aromatic N) is 3. The van der Waals surface area contributed by atoms with Crippen molar-refractivity contribution in [2.24, 2.45) is 5.92 Å². The first-order valence-corrected chi connectivity index (χ1v) is 12.0. The molecule has 2 heterocycles. The summed E-state index contributed by atoms with van der Waals surface area (Å²) in [7, 11) is 3.20. The van der Waals surface area contributed by atoms with Crippen molar-refractivity contribution in [3.8, 4) is 28.3 Å². The van der Waals surface area contributed by atoms with Gasteiger partial charge >= 0.3 is 0 Å². The van der Waals surface area contributed by atoms with Crippen molar-refractivity contribution < 1.29 is 19.0 Å². The van der Waals surface area contributed by atoms with Gasteiger partial charge in [-0.15, -0.1) is 0 Å². The van der Waals surface area contributed by atoms with Crippen LogP contribution in [0.15, 0.2) is 54.7 Å². The fourth-order valence-electron chi connectivity index (χ4n) is 4.45. The molecular weight excluding hydrogens is 444 g/mol. The Morgan fingerprint density at radius 3 is 2.43 bits per heavy atom. The highest BCUT2D eigenvalue weighted by Crippen LogP contribution is 2.34. The fraction of sp³-hybridized carbons (Fsp3) is 0.407. The van der Waals surface area contributed by atoms with Crippen LogP contribution in [0, 0.1) is 5.92 Å². The van der Waals surface area contributed by atoms with Crippen LogP contribution in [0.4, 0.5) is 0 Å². The third kappa shape index (κ3) is 5.66. The molecule has 1 N–H and O–H groups in total. The van der Waals surface area contributed by atoms with Crippen molar-refractivity contribution in [2.45, 2.75) is 19.9 Å². The summed E-state index contributed by atoms with van der Waals surface area (Å²) in [5.41, 5.74) is 2.79. The molecule has 1 fully saturated rings. The highest BCUT2D eigenvalue weighted by molar-refractivity contribution is 5.99. The molecule has 1 aromatic heterocycles. The fourth-order valence-corrected chi connectivity index (χ4v) is 4.45. The lowest BCUT2D eigenvalue weighted by Crippen LogP contribution is -2.51. The third-order valence-corrected chi connectivity index (χ3v) is 6.40. The molecule has 0 unspecified atom stereocenters. The van der Waals surface area contributed by atoms with Crippen molar-refractivity contribution in [3.63, 3.8) is 0 Å². The number of ether oxygens (including phenoxy) is 3. The number of amides is 1. The van der Waals surface area contributed by atoms with Crippen LogP contribution in [-0.2, 0) is 4.74 Å². The number of morpholine rings is 1. The van der Waals surface area contributed by atoms with Crippen molar-refractivity contribution in [3.05, 3.63) is 60.4 Å². The van der Waals surface area contributed by atoms with Crippen LogP contribution in [0.2, 0.25) is 0 Å². The van der Waals surface area contributed by atoms with Crippen LogP contribution in [-0.4, -0.2) is 73.7 Å². The van der Waals surface area contributed by atoms with E-state index in [-0.39, 0.29) is 11.9 Å². The largest absolute Gasteiger partial charge is 0.493 e. The molecule has 4 rings (SSSR count). The Morgan fingerprint density at radius 2 is 1.77 bits per heavy atom. The van der Waals surface area contributed by atoms with E-state index in [9.17, 15) is 4.79 Å². The van der Waals surface area contributed by atoms with E-state index in [0.717, 1.165) is 43.1 Å². The van der Waals surface area contributed by atoms with Gasteiger partial charge in [0, 0.05) is 37.4 Å². The monoisotopic (exact) mass is 478 g/mol. The first-order chi connectivity index (χ1) is 17.0. The summed E-state index contributed by atoms with van der Waals surface area (Å²) in [5, 5.41) is 7.84. The second kappa shape index (κ2) is 11.4. The number of carbonyl (C=O) groups excluding carboxylic acids is 1. The lowest BCUT2D eigenvalue weighted by atomic mass is 10.0. The van der Waals surface area contributed by atoms with E-state index in [1.54, 1.807) is 18.9 Å². The molecular formula is C27H34N4O4. The maximum absolute atomic E-state index is 13.5. The molecule has 2 aromatic carbocycles. The molecule has 1 saturated heterocycles. The zero-order valence-corrected chi connectivity index (χ0v) is 20.9. The Hall–Kier alpha value is -3.36. The predicted octanol–water partition coefficient (Wildman–Crippen LogP) is 3.64. The molecule has 0 spiro atoms. The van der Waals surface area contributed by atoms with Crippen LogP contribution < -0.4 is 14.8 Å². The molecule has 1 atom stereocenters. The van der Waals surface area contributed by atoms with Gasteiger partial charge in [0.05, 0.1) is 33.1 Å². The Labute approximate surface area is 206 Å². The number of hydrogen-bond donors (Lipinski definition) is 1. The number of hydrogen-bond acceptors (Lipinski definition) is 6. The quantitative estimate of drug-likeness (QED) is 0.506. The van der Waals surface area contributed by atoms with Gasteiger partial charge in [0.1, 0.15) is 0 Å². The Kier molecular flexibility index (Phi) is 8.05. The van der Waals surface area contributed by atoms with Gasteiger partial charge < -0.3 is 19.5 Å². The minimum atomic E-state index is -0.205. The molecule has 186 valence electrons. The molecule has 0 bridgehead atoms. The highest BCUT2D eigenvalue weighted by Gasteiger charge is 2.26. The molecule has 8 nitrogen and oxygen atoms in total. The van der Waals surface area contributed by atoms with Crippen molar-refractivity contribution in [2.75, 3.05) is 47.1 Å². The van der Waals surface area contributed by atoms with Crippen molar-refractivity contribution in [1.82, 2.24) is 20.0 Å². The van der Waals surface area contributed by atoms with E-state index in [0.29, 0.717) is 29.7 Å². The SMILES string of the molecule is COc1ccc(-c2cn(-c3ccccc3)nc2C(=O)NC[C@H](C(C)C)N2CCOCC2)cc1OC. The molecule has 1 amide bonds. The smallest absolute Gasteiger partial charge is 0.272 e. The van der Waals surface area contributed by atoms with Gasteiger partial charge in [-0.2, -0.15) is 5.10 Å². The zero-order valence-electron chi connectivity index (χ0n) is 20.9. The average Bonchev–Trinajstić information content (AvgIpc) is 3.35. The predicted molar refractivity (Wildman–Crippen MR) is 135 cm³/mol. The van der Waals surface area contributed by atoms with Crippen LogP contribution in [0.3, 0.4) is 0 Å². The first kappa shape index (κ1) is 24.8. The molecule has 0 radical (unpaired) electrons. The van der Waals surface area contributed by atoms with Gasteiger partial charge in [-0.3, -0.25) is 9.69 Å². The number of aromatic nitrogens is 2. The van der Waals surface area contributed by atoms with Gasteiger partial charge in [0.2, 0.25) is 0 Å². The summed E-state index contributed by atoms with van der Waals surface area (Å²) >= 11 is 0. The third-order valence-electron chi connectivity index (χ3n) is 6.40. The number of rotatable bonds is 9. The molecule has 0 saturated carbocycles. The Bertz CT molecular complexity index is 1120. The first-order valence-electron chi connectivity index (χ1n) is 12.0. The van der Waals surface area contributed by atoms with Crippen LogP contribution >= 0.6 is 0 Å². The topological polar surface area (TPSA) is 77.9 Å². The van der Waals surface area contributed by atoms with E-state index >= 15 is 0 Å². The highest BCUT2D eigenvalue weighted by atomic mass is 16.5. The molecule has 1 aliphatic rings. The molecule has 3 aromatic rings. The van der Waals surface area contributed by atoms with Crippen molar-refractivity contribution >= 4 is 5.91 Å². The summed E-state index contributed by atoms with van der Waals surface area (Å²) in [4.78, 5) is 15.9. The number of benzene rings is 2. The number of para-hydroxylation sites is 1. The molecule has 0 aliphatic carbocycles. The number of nitrogens with one attached hydrogen (secondary N) is 1. The average molecular weight is 479 g/mol. The van der Waals surface area contributed by atoms with Crippen LogP contribution in [0.5, 0.6) is 11.5 Å². The van der Waals surface area contributed by atoms with Gasteiger partial charge in [0.15, 0.2) is 17.2 Å². The van der Waals surface area contributed by atoms with Crippen molar-refractivity contribution in [1.29, 1.82) is 0 Å². The Morgan fingerprint density at radius 1 is 1.06 bits per heavy atom. The molecule has 1 aliphatic heterocycles. The van der Waals surface area contributed by atoms with Gasteiger partial charge in [-0.1, -0.05) is 38.1 Å². The molecule has 8 heteroatoms. The van der Waals surface area contributed by atoms with Gasteiger partial charge in [-0.25, -0.2) is 4.68 Å². The van der Waals surface area contributed by atoms with E-state index in [1.165, 1.54) is 0 Å². The minimum Gasteiger partial charge on any atom is -0.493 e. The van der Waals surface area contributed by atoms with E-state index in [2.05, 4.69) is 29.2 Å². The van der Waals surface area contributed by atoms with E-state index in [1.807, 2.05) is 54.7 Å². The molecule has 35 heavy (non-hydrogen) atoms. The second-order valence-corrected chi connectivity index (χ2v) is 8.91. The lowest BCUT2D eigenvalue weighted by Gasteiger charge is -2.36. The second-order valence-electron chi connectivity index (χ2n) is 8.91. The number of carbonyl (C=O) groups is 1. The van der Waals surface area contributed by atoms with Crippen LogP contribution in [0.25, 0.3) is 16.8 Å². The Balaban J connectivity index is 1.65. The van der Waals surface area contributed by atoms with Gasteiger partial charge in [0.25, 0.3) is 5.91 Å². The van der Waals surface area contributed by atoms with Gasteiger partial charge in [-0.05, 0) is 35.7 Å². The summed E-state index contributed by atoms with van der Waals surface area (Å²) in [6.07, 6.45) is 1.88. The normalized spacial score (nSPS) is 15.1. The summed E-state index contributed by atoms with van der Waals surface area (Å²) < 4.78 is 18.1. The standard InChI is InChI=1S/C27H34N4O4/c1-19(2)23(30-12-14-35-15-13-30)17-28-27(32)26-22(18-31(29-26)21-8-6-5-7-9-21)20-10-11-24(33-3)25(16-20)34-4/h5-11,16,18-19,23H,12-15,17H2,1-4H3,(H,28,32)/t23-/m1/s1. The lowest BCUT2D eigenvalue weighted by molar-refractivity contribution is 0.00671. The maximum Gasteiger partial charge on any atom is 0.272 e. The van der Waals surface area contributed by atoms with Crippen LogP contribution in [0.1, 0.15) is 24.3 Å². The summed E-state index contributed by atoms with van der Waals surface area (Å²) in [6.45, 7) is 8.11. The maximum atomic E-state index is 13.5. The summed E-state index contributed by atoms with van der Waals surface area (Å²) in [6, 6.07) is 15.6. The van der Waals surface area contributed by atoms with E-state index in [4.69, 9.17) is 14.2 Å². The minimum absolute atomic E-state index is 0.205. The number of methoxy groups -OCH3 is 2. The summed E-state index contributed by atoms with van der Waals surface area (Å²) in [5.74, 6) is 1.41. The van der Waals surface area contributed by atoms with E-state index < -0.39 is 0 Å². The zero-order chi connectivity index (χ0) is 24.8.